The van der Waals surface area contributed by atoms with Crippen molar-refractivity contribution in [3.05, 3.63) is 47.5 Å². The lowest BCUT2D eigenvalue weighted by atomic mass is 10.0. The summed E-state index contributed by atoms with van der Waals surface area (Å²) < 4.78 is 23.3. The maximum absolute atomic E-state index is 11.9. The van der Waals surface area contributed by atoms with Gasteiger partial charge >= 0.3 is 0 Å². The van der Waals surface area contributed by atoms with E-state index in [9.17, 15) is 8.42 Å². The molecule has 1 unspecified atom stereocenters. The van der Waals surface area contributed by atoms with Gasteiger partial charge in [0.25, 0.3) is 0 Å². The van der Waals surface area contributed by atoms with E-state index in [-0.39, 0.29) is 5.75 Å². The maximum Gasteiger partial charge on any atom is 0.171 e. The molecule has 2 nitrogen and oxygen atoms in total. The van der Waals surface area contributed by atoms with E-state index >= 15 is 0 Å². The largest absolute Gasteiger partial charge is 0.227 e. The lowest BCUT2D eigenvalue weighted by Gasteiger charge is -2.21. The minimum atomic E-state index is -3.10. The van der Waals surface area contributed by atoms with Crippen LogP contribution in [0.25, 0.3) is 10.8 Å². The molecule has 0 N–H and O–H groups in total. The van der Waals surface area contributed by atoms with Crippen LogP contribution in [0.4, 0.5) is 0 Å². The third kappa shape index (κ3) is 1.33. The highest BCUT2D eigenvalue weighted by Gasteiger charge is 2.31. The van der Waals surface area contributed by atoms with Gasteiger partial charge in [-0.25, -0.2) is 8.42 Å². The van der Waals surface area contributed by atoms with Crippen molar-refractivity contribution in [1.82, 2.24) is 0 Å². The second-order valence-corrected chi connectivity index (χ2v) is 7.59. The van der Waals surface area contributed by atoms with E-state index < -0.39 is 14.0 Å². The molecule has 4 heteroatoms. The fourth-order valence-corrected chi connectivity index (χ4v) is 4.42. The molecule has 3 rings (SSSR count). The molecule has 2 aromatic carbocycles. The van der Waals surface area contributed by atoms with Crippen LogP contribution in [0.3, 0.4) is 0 Å². The van der Waals surface area contributed by atoms with E-state index in [1.54, 1.807) is 0 Å². The van der Waals surface area contributed by atoms with Gasteiger partial charge in [0.2, 0.25) is 0 Å². The van der Waals surface area contributed by atoms with Gasteiger partial charge in [-0.2, -0.15) is 0 Å². The van der Waals surface area contributed by atoms with Crippen LogP contribution in [0.1, 0.15) is 15.3 Å². The van der Waals surface area contributed by atoms with Crippen molar-refractivity contribution in [3.8, 4) is 0 Å². The topological polar surface area (TPSA) is 34.1 Å². The molecular weight excluding hydrogens is 288 g/mol. The Kier molecular flexibility index (Phi) is 2.13. The lowest BCUT2D eigenvalue weighted by molar-refractivity contribution is 0.593. The SMILES string of the molecule is O=S1(=O)Cc2cccc3cccc(c23)C1Br. The fraction of sp³-hybridized carbons (Fsp3) is 0.167. The highest BCUT2D eigenvalue weighted by Crippen LogP contribution is 2.41. The van der Waals surface area contributed by atoms with E-state index in [4.69, 9.17) is 0 Å². The number of halogens is 1. The molecule has 1 heterocycles. The van der Waals surface area contributed by atoms with Crippen LogP contribution in [0.5, 0.6) is 0 Å². The zero-order valence-corrected chi connectivity index (χ0v) is 10.8. The van der Waals surface area contributed by atoms with Crippen molar-refractivity contribution < 1.29 is 8.42 Å². The zero-order chi connectivity index (χ0) is 11.3. The number of hydrogen-bond acceptors (Lipinski definition) is 2. The van der Waals surface area contributed by atoms with Crippen LogP contribution >= 0.6 is 15.9 Å². The summed E-state index contributed by atoms with van der Waals surface area (Å²) in [7, 11) is -3.10. The maximum atomic E-state index is 11.9. The van der Waals surface area contributed by atoms with Crippen molar-refractivity contribution in [2.24, 2.45) is 0 Å². The second-order valence-electron chi connectivity index (χ2n) is 3.99. The van der Waals surface area contributed by atoms with E-state index in [1.807, 2.05) is 36.4 Å². The first kappa shape index (κ1) is 10.3. The van der Waals surface area contributed by atoms with Gasteiger partial charge in [0.05, 0.1) is 5.75 Å². The first-order valence-corrected chi connectivity index (χ1v) is 7.59. The number of alkyl halides is 1. The smallest absolute Gasteiger partial charge is 0.171 e. The van der Waals surface area contributed by atoms with Crippen LogP contribution in [0, 0.1) is 0 Å². The highest BCUT2D eigenvalue weighted by molar-refractivity contribution is 9.10. The lowest BCUT2D eigenvalue weighted by Crippen LogP contribution is -2.16. The molecule has 0 saturated heterocycles. The normalized spacial score (nSPS) is 22.2. The van der Waals surface area contributed by atoms with Crippen molar-refractivity contribution in [2.45, 2.75) is 9.91 Å². The average Bonchev–Trinajstić information content (AvgIpc) is 2.26. The fourth-order valence-electron chi connectivity index (χ4n) is 2.24. The molecule has 1 aliphatic rings. The summed E-state index contributed by atoms with van der Waals surface area (Å²) in [6.45, 7) is 0. The van der Waals surface area contributed by atoms with Crippen LogP contribution in [-0.2, 0) is 15.6 Å². The molecule has 16 heavy (non-hydrogen) atoms. The molecule has 2 aromatic rings. The quantitative estimate of drug-likeness (QED) is 0.700. The first-order valence-electron chi connectivity index (χ1n) is 4.96. The molecule has 1 atom stereocenters. The molecule has 0 radical (unpaired) electrons. The Hall–Kier alpha value is -0.870. The molecule has 0 amide bonds. The monoisotopic (exact) mass is 296 g/mol. The average molecular weight is 297 g/mol. The Labute approximate surface area is 102 Å². The van der Waals surface area contributed by atoms with Crippen molar-refractivity contribution in [3.63, 3.8) is 0 Å². The predicted octanol–water partition coefficient (Wildman–Crippen LogP) is 3.16. The molecular formula is C12H9BrO2S. The molecule has 82 valence electrons. The number of rotatable bonds is 0. The molecule has 1 aliphatic heterocycles. The molecule has 0 spiro atoms. The van der Waals surface area contributed by atoms with E-state index in [2.05, 4.69) is 15.9 Å². The van der Waals surface area contributed by atoms with Crippen LogP contribution in [0.2, 0.25) is 0 Å². The van der Waals surface area contributed by atoms with Crippen molar-refractivity contribution in [1.29, 1.82) is 0 Å². The van der Waals surface area contributed by atoms with Gasteiger partial charge in [-0.15, -0.1) is 0 Å². The van der Waals surface area contributed by atoms with Gasteiger partial charge < -0.3 is 0 Å². The molecule has 0 bridgehead atoms. The number of sulfone groups is 1. The number of hydrogen-bond donors (Lipinski definition) is 0. The van der Waals surface area contributed by atoms with E-state index in [0.717, 1.165) is 21.9 Å². The summed E-state index contributed by atoms with van der Waals surface area (Å²) in [5, 5.41) is 2.19. The summed E-state index contributed by atoms with van der Waals surface area (Å²) in [4.78, 5) is 0. The van der Waals surface area contributed by atoms with Gasteiger partial charge in [0.1, 0.15) is 4.16 Å². The summed E-state index contributed by atoms with van der Waals surface area (Å²) in [6, 6.07) is 11.6. The van der Waals surface area contributed by atoms with Gasteiger partial charge in [-0.3, -0.25) is 0 Å². The Morgan fingerprint density at radius 2 is 1.81 bits per heavy atom. The summed E-state index contributed by atoms with van der Waals surface area (Å²) >= 11 is 3.28. The molecule has 0 aromatic heterocycles. The van der Waals surface area contributed by atoms with Crippen LogP contribution in [-0.4, -0.2) is 8.42 Å². The third-order valence-electron chi connectivity index (χ3n) is 2.94. The standard InChI is InChI=1S/C12H9BrO2S/c13-12-10-6-2-4-8-3-1-5-9(11(8)10)7-16(12,14)15/h1-6,12H,7H2. The second kappa shape index (κ2) is 3.31. The summed E-state index contributed by atoms with van der Waals surface area (Å²) in [5.41, 5.74) is 1.77. The Balaban J connectivity index is 2.49. The third-order valence-corrected chi connectivity index (χ3v) is 6.74. The van der Waals surface area contributed by atoms with Crippen LogP contribution < -0.4 is 0 Å². The van der Waals surface area contributed by atoms with Crippen molar-refractivity contribution in [2.75, 3.05) is 0 Å². The number of benzene rings is 2. The summed E-state index contributed by atoms with van der Waals surface area (Å²) in [5.74, 6) is 0.122. The predicted molar refractivity (Wildman–Crippen MR) is 68.2 cm³/mol. The van der Waals surface area contributed by atoms with Crippen molar-refractivity contribution >= 4 is 36.5 Å². The van der Waals surface area contributed by atoms with E-state index in [0.29, 0.717) is 0 Å². The van der Waals surface area contributed by atoms with Crippen LogP contribution in [0.15, 0.2) is 36.4 Å². The molecule has 0 fully saturated rings. The molecule has 0 aliphatic carbocycles. The van der Waals surface area contributed by atoms with Gasteiger partial charge in [0.15, 0.2) is 9.84 Å². The minimum absolute atomic E-state index is 0.122. The van der Waals surface area contributed by atoms with Gasteiger partial charge in [0, 0.05) is 0 Å². The molecule has 0 saturated carbocycles. The summed E-state index contributed by atoms with van der Waals surface area (Å²) in [6.07, 6.45) is 0. The minimum Gasteiger partial charge on any atom is -0.227 e. The first-order chi connectivity index (χ1) is 7.59. The van der Waals surface area contributed by atoms with Gasteiger partial charge in [-0.1, -0.05) is 52.3 Å². The van der Waals surface area contributed by atoms with E-state index in [1.165, 1.54) is 0 Å². The Morgan fingerprint density at radius 3 is 2.56 bits per heavy atom. The highest BCUT2D eigenvalue weighted by atomic mass is 79.9. The van der Waals surface area contributed by atoms with Gasteiger partial charge in [-0.05, 0) is 21.9 Å². The Morgan fingerprint density at radius 1 is 1.12 bits per heavy atom. The Bertz CT molecular complexity index is 671. The zero-order valence-electron chi connectivity index (χ0n) is 8.35.